The molecule has 2 rings (SSSR count). The summed E-state index contributed by atoms with van der Waals surface area (Å²) in [7, 11) is 0. The van der Waals surface area contributed by atoms with Gasteiger partial charge in [-0.25, -0.2) is 0 Å². The third-order valence-corrected chi connectivity index (χ3v) is 4.15. The highest BCUT2D eigenvalue weighted by atomic mass is 14.4. The summed E-state index contributed by atoms with van der Waals surface area (Å²) in [6.45, 7) is 9.44. The van der Waals surface area contributed by atoms with Crippen molar-refractivity contribution in [3.63, 3.8) is 0 Å². The van der Waals surface area contributed by atoms with Crippen LogP contribution < -0.4 is 0 Å². The predicted molar refractivity (Wildman–Crippen MR) is 66.7 cm³/mol. The zero-order valence-electron chi connectivity index (χ0n) is 10.6. The van der Waals surface area contributed by atoms with Gasteiger partial charge in [-0.05, 0) is 54.1 Å². The minimum Gasteiger partial charge on any atom is -0.0805 e. The van der Waals surface area contributed by atoms with Crippen LogP contribution in [0.5, 0.6) is 0 Å². The molecule has 84 valence electrons. The predicted octanol–water partition coefficient (Wildman–Crippen LogP) is 4.58. The summed E-state index contributed by atoms with van der Waals surface area (Å²) in [6, 6.07) is 0. The minimum atomic E-state index is 0.705. The summed E-state index contributed by atoms with van der Waals surface area (Å²) in [6.07, 6.45) is 9.15. The van der Waals surface area contributed by atoms with E-state index in [-0.39, 0.29) is 0 Å². The number of rotatable bonds is 1. The molecule has 0 amide bonds. The van der Waals surface area contributed by atoms with Gasteiger partial charge in [0.25, 0.3) is 0 Å². The lowest BCUT2D eigenvalue weighted by atomic mass is 9.68. The molecule has 0 fully saturated rings. The molecule has 15 heavy (non-hydrogen) atoms. The molecule has 0 saturated carbocycles. The van der Waals surface area contributed by atoms with E-state index in [4.69, 9.17) is 0 Å². The monoisotopic (exact) mass is 204 g/mol. The van der Waals surface area contributed by atoms with Gasteiger partial charge in [-0.2, -0.15) is 0 Å². The van der Waals surface area contributed by atoms with Crippen LogP contribution in [0.4, 0.5) is 0 Å². The summed E-state index contributed by atoms with van der Waals surface area (Å²) in [4.78, 5) is 0. The normalized spacial score (nSPS) is 35.9. The highest BCUT2D eigenvalue weighted by molar-refractivity contribution is 5.38. The molecule has 3 atom stereocenters. The van der Waals surface area contributed by atoms with Gasteiger partial charge in [0.05, 0.1) is 0 Å². The SMILES string of the molecule is CC(C)C1=CC[C@H](C)C2CC[C@@H](C)C=C12. The van der Waals surface area contributed by atoms with Gasteiger partial charge in [0.1, 0.15) is 0 Å². The molecule has 0 aromatic carbocycles. The highest BCUT2D eigenvalue weighted by Crippen LogP contribution is 2.43. The summed E-state index contributed by atoms with van der Waals surface area (Å²) < 4.78 is 0. The van der Waals surface area contributed by atoms with Crippen molar-refractivity contribution in [1.82, 2.24) is 0 Å². The van der Waals surface area contributed by atoms with Gasteiger partial charge in [-0.3, -0.25) is 0 Å². The van der Waals surface area contributed by atoms with Crippen LogP contribution in [0.3, 0.4) is 0 Å². The van der Waals surface area contributed by atoms with Gasteiger partial charge in [0.15, 0.2) is 0 Å². The molecule has 0 aromatic rings. The lowest BCUT2D eigenvalue weighted by Crippen LogP contribution is -2.25. The largest absolute Gasteiger partial charge is 0.0805 e. The average Bonchev–Trinajstić information content (AvgIpc) is 2.17. The number of allylic oxidation sites excluding steroid dienone is 4. The van der Waals surface area contributed by atoms with E-state index < -0.39 is 0 Å². The smallest absolute Gasteiger partial charge is 0.0133 e. The summed E-state index contributed by atoms with van der Waals surface area (Å²) >= 11 is 0. The van der Waals surface area contributed by atoms with E-state index >= 15 is 0 Å². The first-order valence-electron chi connectivity index (χ1n) is 6.51. The summed E-state index contributed by atoms with van der Waals surface area (Å²) in [5.74, 6) is 3.23. The van der Waals surface area contributed by atoms with Gasteiger partial charge in [-0.15, -0.1) is 0 Å². The molecule has 0 N–H and O–H groups in total. The maximum absolute atomic E-state index is 2.55. The maximum atomic E-state index is 2.55. The Morgan fingerprint density at radius 3 is 2.60 bits per heavy atom. The van der Waals surface area contributed by atoms with Crippen LogP contribution in [0.1, 0.15) is 47.0 Å². The second kappa shape index (κ2) is 4.15. The number of fused-ring (bicyclic) bond motifs is 1. The van der Waals surface area contributed by atoms with Crippen LogP contribution in [0, 0.1) is 23.7 Å². The van der Waals surface area contributed by atoms with Crippen molar-refractivity contribution in [2.75, 3.05) is 0 Å². The Labute approximate surface area is 94.5 Å². The van der Waals surface area contributed by atoms with Gasteiger partial charge in [0, 0.05) is 0 Å². The second-order valence-electron chi connectivity index (χ2n) is 5.81. The molecular weight excluding hydrogens is 180 g/mol. The van der Waals surface area contributed by atoms with E-state index in [2.05, 4.69) is 39.8 Å². The average molecular weight is 204 g/mol. The van der Waals surface area contributed by atoms with Crippen LogP contribution in [0.2, 0.25) is 0 Å². The molecule has 0 nitrogen and oxygen atoms in total. The Morgan fingerprint density at radius 2 is 1.93 bits per heavy atom. The highest BCUT2D eigenvalue weighted by Gasteiger charge is 2.31. The van der Waals surface area contributed by atoms with Crippen molar-refractivity contribution in [3.8, 4) is 0 Å². The molecule has 0 saturated heterocycles. The van der Waals surface area contributed by atoms with Gasteiger partial charge in [-0.1, -0.05) is 39.8 Å². The Bertz CT molecular complexity index is 293. The molecule has 0 aliphatic heterocycles. The van der Waals surface area contributed by atoms with E-state index in [0.717, 1.165) is 17.8 Å². The molecule has 2 aliphatic rings. The first-order chi connectivity index (χ1) is 7.09. The van der Waals surface area contributed by atoms with Crippen molar-refractivity contribution < 1.29 is 0 Å². The van der Waals surface area contributed by atoms with E-state index in [1.165, 1.54) is 19.3 Å². The van der Waals surface area contributed by atoms with E-state index in [1.807, 2.05) is 0 Å². The van der Waals surface area contributed by atoms with Crippen LogP contribution in [0.25, 0.3) is 0 Å². The number of hydrogen-bond acceptors (Lipinski definition) is 0. The molecule has 0 aromatic heterocycles. The van der Waals surface area contributed by atoms with Crippen molar-refractivity contribution in [2.45, 2.75) is 47.0 Å². The lowest BCUT2D eigenvalue weighted by Gasteiger charge is -2.37. The maximum Gasteiger partial charge on any atom is -0.0133 e. The van der Waals surface area contributed by atoms with Gasteiger partial charge >= 0.3 is 0 Å². The van der Waals surface area contributed by atoms with Crippen molar-refractivity contribution in [1.29, 1.82) is 0 Å². The Kier molecular flexibility index (Phi) is 3.04. The fourth-order valence-electron chi connectivity index (χ4n) is 3.18. The molecule has 2 aliphatic carbocycles. The Hall–Kier alpha value is -0.520. The van der Waals surface area contributed by atoms with Crippen LogP contribution in [0.15, 0.2) is 23.3 Å². The van der Waals surface area contributed by atoms with Gasteiger partial charge in [0.2, 0.25) is 0 Å². The zero-order valence-corrected chi connectivity index (χ0v) is 10.6. The first kappa shape index (κ1) is 11.0. The zero-order chi connectivity index (χ0) is 11.0. The Morgan fingerprint density at radius 1 is 1.20 bits per heavy atom. The van der Waals surface area contributed by atoms with Crippen LogP contribution in [-0.4, -0.2) is 0 Å². The molecule has 0 bridgehead atoms. The lowest BCUT2D eigenvalue weighted by molar-refractivity contribution is 0.331. The Balaban J connectivity index is 2.34. The van der Waals surface area contributed by atoms with Crippen molar-refractivity contribution >= 4 is 0 Å². The quantitative estimate of drug-likeness (QED) is 0.586. The number of hydrogen-bond donors (Lipinski definition) is 0. The summed E-state index contributed by atoms with van der Waals surface area (Å²) in [5.41, 5.74) is 3.34. The third kappa shape index (κ3) is 2.04. The third-order valence-electron chi connectivity index (χ3n) is 4.15. The van der Waals surface area contributed by atoms with E-state index in [0.29, 0.717) is 5.92 Å². The second-order valence-corrected chi connectivity index (χ2v) is 5.81. The topological polar surface area (TPSA) is 0 Å². The van der Waals surface area contributed by atoms with Crippen molar-refractivity contribution in [2.24, 2.45) is 23.7 Å². The minimum absolute atomic E-state index is 0.705. The molecule has 0 heteroatoms. The summed E-state index contributed by atoms with van der Waals surface area (Å²) in [5, 5.41) is 0. The fourth-order valence-corrected chi connectivity index (χ4v) is 3.18. The van der Waals surface area contributed by atoms with E-state index in [1.54, 1.807) is 11.1 Å². The van der Waals surface area contributed by atoms with Crippen LogP contribution >= 0.6 is 0 Å². The standard InChI is InChI=1S/C15H24/c1-10(2)13-8-6-12(4)14-7-5-11(3)9-15(13)14/h8-12,14H,5-7H2,1-4H3/t11-,12+,14?/m1/s1. The van der Waals surface area contributed by atoms with Gasteiger partial charge < -0.3 is 0 Å². The molecule has 0 radical (unpaired) electrons. The van der Waals surface area contributed by atoms with Crippen LogP contribution in [-0.2, 0) is 0 Å². The molecule has 1 unspecified atom stereocenters. The molecular formula is C15H24. The van der Waals surface area contributed by atoms with Crippen molar-refractivity contribution in [3.05, 3.63) is 23.3 Å². The fraction of sp³-hybridized carbons (Fsp3) is 0.733. The van der Waals surface area contributed by atoms with E-state index in [9.17, 15) is 0 Å². The molecule has 0 spiro atoms. The molecule has 0 heterocycles. The first-order valence-corrected chi connectivity index (χ1v) is 6.51.